The van der Waals surface area contributed by atoms with Gasteiger partial charge in [0.05, 0.1) is 4.92 Å². The van der Waals surface area contributed by atoms with Gasteiger partial charge in [0.2, 0.25) is 5.91 Å². The van der Waals surface area contributed by atoms with E-state index in [1.807, 2.05) is 20.8 Å². The van der Waals surface area contributed by atoms with Crippen molar-refractivity contribution in [3.63, 3.8) is 0 Å². The van der Waals surface area contributed by atoms with Gasteiger partial charge in [-0.1, -0.05) is 70.1 Å². The average molecular weight is 511 g/mol. The van der Waals surface area contributed by atoms with Crippen molar-refractivity contribution >= 4 is 28.9 Å². The molecule has 0 aliphatic rings. The van der Waals surface area contributed by atoms with Gasteiger partial charge >= 0.3 is 0 Å². The van der Waals surface area contributed by atoms with Gasteiger partial charge in [-0.05, 0) is 51.5 Å². The summed E-state index contributed by atoms with van der Waals surface area (Å²) < 4.78 is 0. The van der Waals surface area contributed by atoms with Gasteiger partial charge < -0.3 is 15.5 Å². The van der Waals surface area contributed by atoms with Gasteiger partial charge in [-0.3, -0.25) is 19.7 Å². The number of nitrogens with one attached hydrogen (secondary N) is 2. The monoisotopic (exact) mass is 510 g/mol. The molecule has 2 aromatic carbocycles. The Hall–Kier alpha value is -3.42. The van der Waals surface area contributed by atoms with Crippen LogP contribution in [0.1, 0.15) is 89.4 Å². The van der Waals surface area contributed by atoms with E-state index >= 15 is 0 Å². The van der Waals surface area contributed by atoms with Crippen LogP contribution in [0.3, 0.4) is 0 Å². The fraction of sp³-hybridized carbons (Fsp3) is 0.517. The lowest BCUT2D eigenvalue weighted by Crippen LogP contribution is -2.50. The highest BCUT2D eigenvalue weighted by molar-refractivity contribution is 5.98. The molecule has 0 aliphatic carbocycles. The van der Waals surface area contributed by atoms with Gasteiger partial charge in [0.25, 0.3) is 11.6 Å². The number of nitro benzene ring substituents is 1. The second-order valence-electron chi connectivity index (χ2n) is 10.4. The van der Waals surface area contributed by atoms with Crippen LogP contribution < -0.4 is 10.6 Å². The minimum Gasteiger partial charge on any atom is -0.355 e. The van der Waals surface area contributed by atoms with Crippen molar-refractivity contribution in [2.75, 3.05) is 18.4 Å². The Labute approximate surface area is 221 Å². The molecule has 2 amide bonds. The number of anilines is 2. The lowest BCUT2D eigenvalue weighted by atomic mass is 10.0. The summed E-state index contributed by atoms with van der Waals surface area (Å²) in [5, 5.41) is 17.3. The maximum atomic E-state index is 13.4. The van der Waals surface area contributed by atoms with Gasteiger partial charge in [0.15, 0.2) is 0 Å². The molecule has 0 aliphatic heterocycles. The van der Waals surface area contributed by atoms with Crippen LogP contribution in [-0.2, 0) is 4.79 Å². The molecule has 0 fully saturated rings. The summed E-state index contributed by atoms with van der Waals surface area (Å²) in [7, 11) is 0. The van der Waals surface area contributed by atoms with E-state index in [9.17, 15) is 19.7 Å². The summed E-state index contributed by atoms with van der Waals surface area (Å²) in [6.45, 7) is 8.47. The second kappa shape index (κ2) is 15.0. The zero-order chi connectivity index (χ0) is 27.3. The highest BCUT2D eigenvalue weighted by atomic mass is 16.6. The van der Waals surface area contributed by atoms with Crippen molar-refractivity contribution < 1.29 is 14.5 Å². The minimum atomic E-state index is -0.575. The molecule has 0 bridgehead atoms. The molecule has 0 spiro atoms. The Morgan fingerprint density at radius 3 is 2.22 bits per heavy atom. The molecule has 0 aromatic heterocycles. The van der Waals surface area contributed by atoms with Crippen LogP contribution in [0.25, 0.3) is 0 Å². The molecule has 8 nitrogen and oxygen atoms in total. The van der Waals surface area contributed by atoms with Crippen molar-refractivity contribution in [1.29, 1.82) is 0 Å². The predicted octanol–water partition coefficient (Wildman–Crippen LogP) is 6.84. The van der Waals surface area contributed by atoms with E-state index in [4.69, 9.17) is 0 Å². The number of unbranched alkanes of at least 4 members (excludes halogenated alkanes) is 7. The van der Waals surface area contributed by atoms with Crippen LogP contribution in [0.5, 0.6) is 0 Å². The van der Waals surface area contributed by atoms with Gasteiger partial charge in [0, 0.05) is 29.4 Å². The second-order valence-corrected chi connectivity index (χ2v) is 10.4. The van der Waals surface area contributed by atoms with E-state index < -0.39 is 10.5 Å². The van der Waals surface area contributed by atoms with E-state index in [0.717, 1.165) is 12.8 Å². The van der Waals surface area contributed by atoms with Gasteiger partial charge in [-0.2, -0.15) is 0 Å². The third-order valence-corrected chi connectivity index (χ3v) is 6.20. The van der Waals surface area contributed by atoms with Crippen LogP contribution in [0.2, 0.25) is 0 Å². The number of nitro groups is 1. The summed E-state index contributed by atoms with van der Waals surface area (Å²) in [6.07, 6.45) is 9.58. The van der Waals surface area contributed by atoms with E-state index in [2.05, 4.69) is 17.6 Å². The molecule has 0 saturated carbocycles. The largest absolute Gasteiger partial charge is 0.355 e. The third-order valence-electron chi connectivity index (χ3n) is 6.20. The topological polar surface area (TPSA) is 105 Å². The van der Waals surface area contributed by atoms with Crippen molar-refractivity contribution in [2.24, 2.45) is 0 Å². The number of para-hydroxylation sites is 2. The molecule has 0 saturated heterocycles. The molecule has 8 heteroatoms. The minimum absolute atomic E-state index is 0.0405. The quantitative estimate of drug-likeness (QED) is 0.155. The molecule has 202 valence electrons. The highest BCUT2D eigenvalue weighted by Crippen LogP contribution is 2.28. The maximum Gasteiger partial charge on any atom is 0.292 e. The number of carbonyl (C=O) groups is 2. The maximum absolute atomic E-state index is 13.4. The van der Waals surface area contributed by atoms with Crippen molar-refractivity contribution in [2.45, 2.75) is 84.6 Å². The molecule has 0 radical (unpaired) electrons. The van der Waals surface area contributed by atoms with Crippen LogP contribution in [0.4, 0.5) is 17.1 Å². The zero-order valence-electron chi connectivity index (χ0n) is 22.7. The van der Waals surface area contributed by atoms with E-state index in [0.29, 0.717) is 23.5 Å². The van der Waals surface area contributed by atoms with Crippen molar-refractivity contribution in [3.05, 3.63) is 64.2 Å². The van der Waals surface area contributed by atoms with Crippen molar-refractivity contribution in [3.8, 4) is 0 Å². The van der Waals surface area contributed by atoms with Crippen LogP contribution in [0, 0.1) is 10.1 Å². The molecule has 0 unspecified atom stereocenters. The third kappa shape index (κ3) is 10.2. The molecule has 2 rings (SSSR count). The van der Waals surface area contributed by atoms with Crippen molar-refractivity contribution in [1.82, 2.24) is 10.2 Å². The highest BCUT2D eigenvalue weighted by Gasteiger charge is 2.29. The smallest absolute Gasteiger partial charge is 0.292 e. The van der Waals surface area contributed by atoms with E-state index in [1.165, 1.54) is 44.6 Å². The lowest BCUT2D eigenvalue weighted by molar-refractivity contribution is -0.383. The molecule has 37 heavy (non-hydrogen) atoms. The summed E-state index contributed by atoms with van der Waals surface area (Å²) in [6, 6.07) is 13.1. The molecule has 0 atom stereocenters. The number of nitrogens with zero attached hydrogens (tertiary/aromatic N) is 2. The zero-order valence-corrected chi connectivity index (χ0v) is 22.7. The number of carbonyl (C=O) groups excluding carboxylic acids is 2. The SMILES string of the molecule is CCCCCCCCCCNC(=O)CN(C(=O)c1cccc(Nc2ccccc2[N+](=O)[O-])c1)C(C)(C)C. The van der Waals surface area contributed by atoms with E-state index in [1.54, 1.807) is 47.4 Å². The molecule has 2 N–H and O–H groups in total. The fourth-order valence-corrected chi connectivity index (χ4v) is 4.08. The first kappa shape index (κ1) is 29.8. The Kier molecular flexibility index (Phi) is 12.1. The van der Waals surface area contributed by atoms with Gasteiger partial charge in [0.1, 0.15) is 12.2 Å². The average Bonchev–Trinajstić information content (AvgIpc) is 2.85. The first-order valence-electron chi connectivity index (χ1n) is 13.3. The molecular formula is C29H42N4O4. The molecule has 0 heterocycles. The lowest BCUT2D eigenvalue weighted by Gasteiger charge is -2.35. The number of amides is 2. The first-order chi connectivity index (χ1) is 17.6. The number of hydrogen-bond acceptors (Lipinski definition) is 5. The number of rotatable bonds is 15. The molecular weight excluding hydrogens is 468 g/mol. The summed E-state index contributed by atoms with van der Waals surface area (Å²) in [4.78, 5) is 38.5. The first-order valence-corrected chi connectivity index (χ1v) is 13.3. The van der Waals surface area contributed by atoms with E-state index in [-0.39, 0.29) is 24.0 Å². The number of hydrogen-bond donors (Lipinski definition) is 2. The Balaban J connectivity index is 1.96. The fourth-order valence-electron chi connectivity index (χ4n) is 4.08. The Morgan fingerprint density at radius 2 is 1.57 bits per heavy atom. The van der Waals surface area contributed by atoms with Crippen LogP contribution in [-0.4, -0.2) is 40.3 Å². The molecule has 2 aromatic rings. The van der Waals surface area contributed by atoms with Gasteiger partial charge in [-0.15, -0.1) is 0 Å². The normalized spacial score (nSPS) is 11.1. The summed E-state index contributed by atoms with van der Waals surface area (Å²) in [5.41, 5.74) is 0.658. The standard InChI is InChI=1S/C29H42N4O4/c1-5-6-7-8-9-10-11-14-20-30-27(34)22-32(29(2,3)4)28(35)23-16-15-17-24(21-23)31-25-18-12-13-19-26(25)33(36)37/h12-13,15-19,21,31H,5-11,14,20,22H2,1-4H3,(H,30,34). The predicted molar refractivity (Wildman–Crippen MR) is 149 cm³/mol. The number of benzene rings is 2. The summed E-state index contributed by atoms with van der Waals surface area (Å²) in [5.74, 6) is -0.457. The Bertz CT molecular complexity index is 1030. The Morgan fingerprint density at radius 1 is 0.919 bits per heavy atom. The van der Waals surface area contributed by atoms with Crippen LogP contribution >= 0.6 is 0 Å². The van der Waals surface area contributed by atoms with Gasteiger partial charge in [-0.25, -0.2) is 0 Å². The van der Waals surface area contributed by atoms with Crippen LogP contribution in [0.15, 0.2) is 48.5 Å². The summed E-state index contributed by atoms with van der Waals surface area (Å²) >= 11 is 0.